The molecular formula is C10H13ClN2O2. The second-order valence-electron chi connectivity index (χ2n) is 3.04. The third kappa shape index (κ3) is 3.42. The highest BCUT2D eigenvalue weighted by atomic mass is 35.5. The molecule has 5 heteroatoms. The Kier molecular flexibility index (Phi) is 4.39. The summed E-state index contributed by atoms with van der Waals surface area (Å²) in [5.41, 5.74) is 5.70. The molecule has 0 aliphatic heterocycles. The van der Waals surface area contributed by atoms with Gasteiger partial charge < -0.3 is 15.9 Å². The van der Waals surface area contributed by atoms with Crippen molar-refractivity contribution in [2.45, 2.75) is 6.42 Å². The van der Waals surface area contributed by atoms with Crippen molar-refractivity contribution in [1.82, 2.24) is 0 Å². The first-order chi connectivity index (χ1) is 7.15. The summed E-state index contributed by atoms with van der Waals surface area (Å²) in [5.74, 6) is -0.460. The lowest BCUT2D eigenvalue weighted by Crippen LogP contribution is -2.00. The molecule has 15 heavy (non-hydrogen) atoms. The third-order valence-corrected chi connectivity index (χ3v) is 2.02. The second kappa shape index (κ2) is 5.58. The Labute approximate surface area is 93.0 Å². The number of aliphatic imine (C=N–C) groups is 1. The van der Waals surface area contributed by atoms with E-state index in [1.54, 1.807) is 0 Å². The van der Waals surface area contributed by atoms with E-state index < -0.39 is 0 Å². The zero-order chi connectivity index (χ0) is 11.3. The third-order valence-electron chi connectivity index (χ3n) is 1.81. The maximum Gasteiger partial charge on any atom is 0.166 e. The van der Waals surface area contributed by atoms with Gasteiger partial charge in [0.15, 0.2) is 11.5 Å². The Bertz CT molecular complexity index is 367. The van der Waals surface area contributed by atoms with Crippen LogP contribution < -0.4 is 5.73 Å². The topological polar surface area (TPSA) is 78.8 Å². The van der Waals surface area contributed by atoms with Crippen LogP contribution in [0.4, 0.5) is 0 Å². The first-order valence-electron chi connectivity index (χ1n) is 4.56. The first kappa shape index (κ1) is 11.8. The normalized spacial score (nSPS) is 11.1. The number of benzene rings is 1. The summed E-state index contributed by atoms with van der Waals surface area (Å²) in [4.78, 5) is 4.04. The van der Waals surface area contributed by atoms with Crippen molar-refractivity contribution < 1.29 is 10.2 Å². The van der Waals surface area contributed by atoms with E-state index in [4.69, 9.17) is 17.3 Å². The van der Waals surface area contributed by atoms with E-state index >= 15 is 0 Å². The monoisotopic (exact) mass is 228 g/mol. The van der Waals surface area contributed by atoms with Gasteiger partial charge in [-0.15, -0.1) is 0 Å². The lowest BCUT2D eigenvalue weighted by molar-refractivity contribution is 0.403. The van der Waals surface area contributed by atoms with Crippen LogP contribution in [0.1, 0.15) is 12.0 Å². The number of nitrogens with zero attached hydrogens (tertiary/aromatic N) is 1. The van der Waals surface area contributed by atoms with Gasteiger partial charge in [0, 0.05) is 29.4 Å². The van der Waals surface area contributed by atoms with Gasteiger partial charge in [-0.2, -0.15) is 0 Å². The van der Waals surface area contributed by atoms with Crippen LogP contribution in [0.3, 0.4) is 0 Å². The van der Waals surface area contributed by atoms with Crippen LogP contribution in [-0.2, 0) is 0 Å². The van der Waals surface area contributed by atoms with Crippen LogP contribution in [0.5, 0.6) is 11.5 Å². The first-order valence-corrected chi connectivity index (χ1v) is 4.94. The van der Waals surface area contributed by atoms with Crippen LogP contribution in [0, 0.1) is 0 Å². The molecule has 0 saturated carbocycles. The Balaban J connectivity index is 2.80. The smallest absolute Gasteiger partial charge is 0.166 e. The molecule has 0 aliphatic carbocycles. The van der Waals surface area contributed by atoms with Crippen molar-refractivity contribution in [3.8, 4) is 11.5 Å². The summed E-state index contributed by atoms with van der Waals surface area (Å²) < 4.78 is 0. The average molecular weight is 229 g/mol. The van der Waals surface area contributed by atoms with Crippen molar-refractivity contribution in [3.63, 3.8) is 0 Å². The minimum absolute atomic E-state index is 0.212. The molecule has 0 saturated heterocycles. The maximum absolute atomic E-state index is 9.45. The highest BCUT2D eigenvalue weighted by Gasteiger charge is 2.05. The molecule has 4 N–H and O–H groups in total. The predicted molar refractivity (Wildman–Crippen MR) is 60.9 cm³/mol. The van der Waals surface area contributed by atoms with E-state index in [1.807, 2.05) is 0 Å². The molecule has 0 amide bonds. The van der Waals surface area contributed by atoms with Crippen LogP contribution in [-0.4, -0.2) is 29.5 Å². The second-order valence-corrected chi connectivity index (χ2v) is 3.48. The minimum Gasteiger partial charge on any atom is -0.504 e. The van der Waals surface area contributed by atoms with E-state index in [9.17, 15) is 10.2 Å². The predicted octanol–water partition coefficient (Wildman–Crippen LogP) is 1.52. The molecule has 1 rings (SSSR count). The molecule has 1 aromatic rings. The van der Waals surface area contributed by atoms with Crippen LogP contribution in [0.15, 0.2) is 17.1 Å². The van der Waals surface area contributed by atoms with E-state index in [1.165, 1.54) is 18.3 Å². The van der Waals surface area contributed by atoms with Gasteiger partial charge in [-0.3, -0.25) is 4.99 Å². The summed E-state index contributed by atoms with van der Waals surface area (Å²) in [5, 5.41) is 19.1. The lowest BCUT2D eigenvalue weighted by Gasteiger charge is -2.02. The number of phenolic OH excluding ortho intramolecular Hbond substituents is 2. The molecule has 0 spiro atoms. The van der Waals surface area contributed by atoms with Gasteiger partial charge in [0.2, 0.25) is 0 Å². The fraction of sp³-hybridized carbons (Fsp3) is 0.300. The standard InChI is InChI=1S/C10H13ClN2O2/c11-8-4-7(6-13-3-1-2-12)10(15)9(14)5-8/h4-6,14-15H,1-3,12H2. The van der Waals surface area contributed by atoms with Gasteiger partial charge in [0.1, 0.15) is 0 Å². The average Bonchev–Trinajstić information content (AvgIpc) is 2.19. The van der Waals surface area contributed by atoms with Gasteiger partial charge in [0.25, 0.3) is 0 Å². The van der Waals surface area contributed by atoms with Crippen molar-refractivity contribution in [2.75, 3.05) is 13.1 Å². The number of rotatable bonds is 4. The highest BCUT2D eigenvalue weighted by molar-refractivity contribution is 6.31. The van der Waals surface area contributed by atoms with Crippen molar-refractivity contribution in [2.24, 2.45) is 10.7 Å². The quantitative estimate of drug-likeness (QED) is 0.415. The molecular weight excluding hydrogens is 216 g/mol. The number of aromatic hydroxyl groups is 2. The Morgan fingerprint density at radius 3 is 2.80 bits per heavy atom. The SMILES string of the molecule is NCCCN=Cc1cc(Cl)cc(O)c1O. The molecule has 0 aliphatic rings. The van der Waals surface area contributed by atoms with Crippen molar-refractivity contribution in [1.29, 1.82) is 0 Å². The van der Waals surface area contributed by atoms with Gasteiger partial charge in [-0.05, 0) is 19.0 Å². The fourth-order valence-electron chi connectivity index (χ4n) is 1.05. The molecule has 0 atom stereocenters. The Hall–Kier alpha value is -1.26. The Morgan fingerprint density at radius 1 is 1.40 bits per heavy atom. The molecule has 0 heterocycles. The van der Waals surface area contributed by atoms with Gasteiger partial charge in [-0.25, -0.2) is 0 Å². The largest absolute Gasteiger partial charge is 0.504 e. The minimum atomic E-state index is -0.247. The molecule has 0 fully saturated rings. The van der Waals surface area contributed by atoms with E-state index in [2.05, 4.69) is 4.99 Å². The lowest BCUT2D eigenvalue weighted by atomic mass is 10.2. The molecule has 4 nitrogen and oxygen atoms in total. The fourth-order valence-corrected chi connectivity index (χ4v) is 1.27. The molecule has 1 aromatic carbocycles. The molecule has 82 valence electrons. The maximum atomic E-state index is 9.45. The Morgan fingerprint density at radius 2 is 2.13 bits per heavy atom. The van der Waals surface area contributed by atoms with E-state index in [0.717, 1.165) is 6.42 Å². The summed E-state index contributed by atoms with van der Waals surface area (Å²) in [6, 6.07) is 2.80. The summed E-state index contributed by atoms with van der Waals surface area (Å²) in [6.07, 6.45) is 2.25. The van der Waals surface area contributed by atoms with Gasteiger partial charge in [-0.1, -0.05) is 11.6 Å². The van der Waals surface area contributed by atoms with Crippen LogP contribution in [0.2, 0.25) is 5.02 Å². The molecule has 0 bridgehead atoms. The zero-order valence-electron chi connectivity index (χ0n) is 8.15. The van der Waals surface area contributed by atoms with E-state index in [-0.39, 0.29) is 11.5 Å². The number of halogens is 1. The van der Waals surface area contributed by atoms with Gasteiger partial charge in [0.05, 0.1) is 0 Å². The highest BCUT2D eigenvalue weighted by Crippen LogP contribution is 2.31. The number of hydrogen-bond donors (Lipinski definition) is 3. The van der Waals surface area contributed by atoms with Gasteiger partial charge >= 0.3 is 0 Å². The zero-order valence-corrected chi connectivity index (χ0v) is 8.91. The molecule has 0 unspecified atom stereocenters. The number of nitrogens with two attached hydrogens (primary N) is 1. The number of phenols is 2. The van der Waals surface area contributed by atoms with Crippen molar-refractivity contribution >= 4 is 17.8 Å². The number of hydrogen-bond acceptors (Lipinski definition) is 4. The molecule has 0 radical (unpaired) electrons. The van der Waals surface area contributed by atoms with Crippen molar-refractivity contribution in [3.05, 3.63) is 22.7 Å². The van der Waals surface area contributed by atoms with E-state index in [0.29, 0.717) is 23.7 Å². The van der Waals surface area contributed by atoms with Crippen LogP contribution in [0.25, 0.3) is 0 Å². The molecule has 0 aromatic heterocycles. The summed E-state index contributed by atoms with van der Waals surface area (Å²) >= 11 is 5.71. The van der Waals surface area contributed by atoms with Crippen LogP contribution >= 0.6 is 11.6 Å². The summed E-state index contributed by atoms with van der Waals surface area (Å²) in [7, 11) is 0. The summed E-state index contributed by atoms with van der Waals surface area (Å²) in [6.45, 7) is 1.16.